The molecule has 0 saturated heterocycles. The Morgan fingerprint density at radius 1 is 1.07 bits per heavy atom. The Morgan fingerprint density at radius 3 is 2.52 bits per heavy atom. The maximum Gasteiger partial charge on any atom is 0.345 e. The van der Waals surface area contributed by atoms with E-state index in [2.05, 4.69) is 26.5 Å². The van der Waals surface area contributed by atoms with Crippen molar-refractivity contribution in [3.63, 3.8) is 0 Å². The molecule has 3 rings (SSSR count). The molecule has 0 fully saturated rings. The molecule has 0 aromatic heterocycles. The van der Waals surface area contributed by atoms with Gasteiger partial charge in [-0.1, -0.05) is 39.7 Å². The number of benzene rings is 3. The summed E-state index contributed by atoms with van der Waals surface area (Å²) in [4.78, 5) is 24.5. The van der Waals surface area contributed by atoms with E-state index in [0.29, 0.717) is 11.1 Å². The largest absolute Gasteiger partial charge is 0.508 e. The highest BCUT2D eigenvalue weighted by Crippen LogP contribution is 2.24. The van der Waals surface area contributed by atoms with E-state index in [9.17, 15) is 14.7 Å². The summed E-state index contributed by atoms with van der Waals surface area (Å²) in [5.41, 5.74) is 3.41. The van der Waals surface area contributed by atoms with Crippen LogP contribution in [0.15, 0.2) is 76.3 Å². The number of nitrogens with zero attached hydrogens (tertiary/aromatic N) is 1. The minimum absolute atomic E-state index is 0.0594. The van der Waals surface area contributed by atoms with Gasteiger partial charge in [-0.05, 0) is 54.6 Å². The molecule has 3 aromatic carbocycles. The first-order chi connectivity index (χ1) is 13.9. The van der Waals surface area contributed by atoms with Crippen LogP contribution in [0.3, 0.4) is 0 Å². The molecule has 0 saturated carbocycles. The molecule has 6 nitrogen and oxygen atoms in total. The number of carbonyl (C=O) groups excluding carboxylic acids is 2. The van der Waals surface area contributed by atoms with E-state index >= 15 is 0 Å². The van der Waals surface area contributed by atoms with E-state index in [1.807, 2.05) is 0 Å². The third kappa shape index (κ3) is 5.43. The predicted molar refractivity (Wildman–Crippen MR) is 114 cm³/mol. The van der Waals surface area contributed by atoms with Crippen LogP contribution >= 0.6 is 27.5 Å². The Balaban J connectivity index is 1.75. The van der Waals surface area contributed by atoms with Gasteiger partial charge in [-0.15, -0.1) is 0 Å². The molecule has 146 valence electrons. The Bertz CT molecular complexity index is 1080. The normalized spacial score (nSPS) is 10.7. The van der Waals surface area contributed by atoms with Gasteiger partial charge in [0.05, 0.1) is 16.8 Å². The van der Waals surface area contributed by atoms with E-state index in [1.165, 1.54) is 30.5 Å². The average molecular weight is 474 g/mol. The van der Waals surface area contributed by atoms with E-state index in [-0.39, 0.29) is 22.1 Å². The summed E-state index contributed by atoms with van der Waals surface area (Å²) in [5, 5.41) is 13.5. The number of hydrogen-bond donors (Lipinski definition) is 2. The summed E-state index contributed by atoms with van der Waals surface area (Å²) in [7, 11) is 0. The Labute approximate surface area is 179 Å². The molecule has 1 amide bonds. The Kier molecular flexibility index (Phi) is 6.64. The van der Waals surface area contributed by atoms with Gasteiger partial charge in [-0.25, -0.2) is 10.2 Å². The second kappa shape index (κ2) is 9.36. The average Bonchev–Trinajstić information content (AvgIpc) is 2.70. The fourth-order valence-electron chi connectivity index (χ4n) is 2.33. The van der Waals surface area contributed by atoms with Crippen LogP contribution in [-0.2, 0) is 0 Å². The molecule has 0 bridgehead atoms. The lowest BCUT2D eigenvalue weighted by Gasteiger charge is -2.09. The molecule has 0 heterocycles. The van der Waals surface area contributed by atoms with Crippen LogP contribution in [0.5, 0.6) is 11.5 Å². The number of hydrogen-bond acceptors (Lipinski definition) is 5. The van der Waals surface area contributed by atoms with Crippen molar-refractivity contribution >= 4 is 45.6 Å². The minimum atomic E-state index is -0.610. The van der Waals surface area contributed by atoms with Crippen LogP contribution in [0.2, 0.25) is 5.02 Å². The fourth-order valence-corrected chi connectivity index (χ4v) is 2.92. The molecule has 0 unspecified atom stereocenters. The van der Waals surface area contributed by atoms with Crippen molar-refractivity contribution in [2.24, 2.45) is 5.10 Å². The molecule has 0 aliphatic carbocycles. The maximum atomic E-state index is 12.4. The van der Waals surface area contributed by atoms with Crippen LogP contribution < -0.4 is 10.2 Å². The second-order valence-corrected chi connectivity index (χ2v) is 7.12. The van der Waals surface area contributed by atoms with Gasteiger partial charge in [0.15, 0.2) is 0 Å². The Morgan fingerprint density at radius 2 is 1.79 bits per heavy atom. The smallest absolute Gasteiger partial charge is 0.345 e. The lowest BCUT2D eigenvalue weighted by atomic mass is 10.2. The molecule has 0 radical (unpaired) electrons. The number of phenols is 1. The minimum Gasteiger partial charge on any atom is -0.508 e. The topological polar surface area (TPSA) is 88.0 Å². The van der Waals surface area contributed by atoms with E-state index < -0.39 is 11.9 Å². The number of amides is 1. The summed E-state index contributed by atoms with van der Waals surface area (Å²) in [5.74, 6) is -0.753. The summed E-state index contributed by atoms with van der Waals surface area (Å²) in [6, 6.07) is 17.3. The summed E-state index contributed by atoms with van der Waals surface area (Å²) >= 11 is 9.39. The van der Waals surface area contributed by atoms with Crippen molar-refractivity contribution in [2.75, 3.05) is 0 Å². The van der Waals surface area contributed by atoms with Gasteiger partial charge in [0, 0.05) is 15.6 Å². The number of esters is 1. The number of ether oxygens (including phenoxy) is 1. The molecule has 0 aliphatic rings. The van der Waals surface area contributed by atoms with E-state index in [4.69, 9.17) is 16.3 Å². The lowest BCUT2D eigenvalue weighted by Crippen LogP contribution is -2.17. The van der Waals surface area contributed by atoms with Crippen LogP contribution in [0.25, 0.3) is 0 Å². The molecule has 2 N–H and O–H groups in total. The quantitative estimate of drug-likeness (QED) is 0.241. The second-order valence-electron chi connectivity index (χ2n) is 5.80. The third-order valence-electron chi connectivity index (χ3n) is 3.77. The third-order valence-corrected chi connectivity index (χ3v) is 4.59. The zero-order chi connectivity index (χ0) is 20.8. The van der Waals surface area contributed by atoms with Crippen LogP contribution in [-0.4, -0.2) is 23.2 Å². The van der Waals surface area contributed by atoms with Gasteiger partial charge in [0.25, 0.3) is 5.91 Å². The highest BCUT2D eigenvalue weighted by atomic mass is 79.9. The van der Waals surface area contributed by atoms with Gasteiger partial charge < -0.3 is 9.84 Å². The Hall–Kier alpha value is -3.16. The molecular formula is C21H14BrClN2O4. The first kappa shape index (κ1) is 20.6. The van der Waals surface area contributed by atoms with Gasteiger partial charge in [-0.3, -0.25) is 4.79 Å². The van der Waals surface area contributed by atoms with E-state index in [1.54, 1.807) is 42.5 Å². The zero-order valence-corrected chi connectivity index (χ0v) is 17.1. The first-order valence-electron chi connectivity index (χ1n) is 8.33. The van der Waals surface area contributed by atoms with Crippen molar-refractivity contribution in [3.8, 4) is 11.5 Å². The fraction of sp³-hybridized carbons (Fsp3) is 0. The van der Waals surface area contributed by atoms with Crippen LogP contribution in [0.1, 0.15) is 26.3 Å². The van der Waals surface area contributed by atoms with Crippen molar-refractivity contribution in [1.29, 1.82) is 0 Å². The molecule has 29 heavy (non-hydrogen) atoms. The maximum absolute atomic E-state index is 12.4. The number of hydrazone groups is 1. The number of phenolic OH excluding ortho intramolecular Hbond substituents is 1. The van der Waals surface area contributed by atoms with Gasteiger partial charge >= 0.3 is 5.97 Å². The van der Waals surface area contributed by atoms with Gasteiger partial charge in [-0.2, -0.15) is 5.10 Å². The summed E-state index contributed by atoms with van der Waals surface area (Å²) in [6.07, 6.45) is 1.36. The number of nitrogens with one attached hydrogen (secondary N) is 1. The predicted octanol–water partition coefficient (Wildman–Crippen LogP) is 4.79. The monoisotopic (exact) mass is 472 g/mol. The van der Waals surface area contributed by atoms with E-state index in [0.717, 1.165) is 4.47 Å². The molecule has 0 spiro atoms. The number of halogens is 2. The summed E-state index contributed by atoms with van der Waals surface area (Å²) < 4.78 is 6.18. The number of rotatable bonds is 5. The van der Waals surface area contributed by atoms with Crippen LogP contribution in [0, 0.1) is 0 Å². The molecule has 8 heteroatoms. The number of aromatic hydroxyl groups is 1. The molecule has 0 aliphatic heterocycles. The van der Waals surface area contributed by atoms with Crippen molar-refractivity contribution in [2.45, 2.75) is 0 Å². The highest BCUT2D eigenvalue weighted by molar-refractivity contribution is 9.10. The van der Waals surface area contributed by atoms with Crippen molar-refractivity contribution in [3.05, 3.63) is 92.9 Å². The molecule has 0 atom stereocenters. The SMILES string of the molecule is O=C(NN=Cc1cc(Br)ccc1OC(=O)c1ccccc1Cl)c1ccc(O)cc1. The lowest BCUT2D eigenvalue weighted by molar-refractivity contribution is 0.0734. The van der Waals surface area contributed by atoms with Gasteiger partial charge in [0.1, 0.15) is 11.5 Å². The number of carbonyl (C=O) groups is 2. The highest BCUT2D eigenvalue weighted by Gasteiger charge is 2.14. The first-order valence-corrected chi connectivity index (χ1v) is 9.50. The molecule has 3 aromatic rings. The molecular weight excluding hydrogens is 460 g/mol. The van der Waals surface area contributed by atoms with Crippen molar-refractivity contribution in [1.82, 2.24) is 5.43 Å². The van der Waals surface area contributed by atoms with Gasteiger partial charge in [0.2, 0.25) is 0 Å². The zero-order valence-electron chi connectivity index (χ0n) is 14.8. The standard InChI is InChI=1S/C21H14BrClN2O4/c22-15-7-10-19(29-21(28)17-3-1-2-4-18(17)23)14(11-15)12-24-25-20(27)13-5-8-16(26)9-6-13/h1-12,26H,(H,25,27). The summed E-state index contributed by atoms with van der Waals surface area (Å²) in [6.45, 7) is 0. The van der Waals surface area contributed by atoms with Crippen LogP contribution in [0.4, 0.5) is 0 Å². The van der Waals surface area contributed by atoms with Crippen molar-refractivity contribution < 1.29 is 19.4 Å².